The highest BCUT2D eigenvalue weighted by molar-refractivity contribution is 5.86. The molecule has 2 aliphatic rings. The monoisotopic (exact) mass is 378 g/mol. The first-order valence-electron chi connectivity index (χ1n) is 8.03. The summed E-state index contributed by atoms with van der Waals surface area (Å²) < 4.78 is 16.1. The SMILES string of the molecule is C=CC(=O)NCC1O[C@H](O[C@@H]2C(N)O[C@@H](N)C(O)[C@H]2O)C(N)[C@@H](O)[C@@H]1O. The number of hydrogen-bond donors (Lipinski definition) is 8. The van der Waals surface area contributed by atoms with Crippen molar-refractivity contribution in [2.45, 2.75) is 61.4 Å². The molecule has 0 saturated carbocycles. The summed E-state index contributed by atoms with van der Waals surface area (Å²) in [5.74, 6) is -0.502. The molecule has 10 atom stereocenters. The first-order chi connectivity index (χ1) is 12.2. The second-order valence-corrected chi connectivity index (χ2v) is 6.20. The van der Waals surface area contributed by atoms with E-state index in [1.165, 1.54) is 0 Å². The quantitative estimate of drug-likeness (QED) is 0.211. The number of rotatable bonds is 5. The molecule has 0 bridgehead atoms. The number of aliphatic hydroxyl groups excluding tert-OH is 4. The van der Waals surface area contributed by atoms with E-state index in [1.54, 1.807) is 0 Å². The molecule has 0 radical (unpaired) electrons. The largest absolute Gasteiger partial charge is 0.388 e. The van der Waals surface area contributed by atoms with Crippen LogP contribution in [0.3, 0.4) is 0 Å². The average molecular weight is 378 g/mol. The summed E-state index contributed by atoms with van der Waals surface area (Å²) in [4.78, 5) is 11.3. The zero-order chi connectivity index (χ0) is 19.6. The van der Waals surface area contributed by atoms with Gasteiger partial charge in [-0.1, -0.05) is 6.58 Å². The van der Waals surface area contributed by atoms with Gasteiger partial charge in [-0.3, -0.25) is 4.79 Å². The minimum Gasteiger partial charge on any atom is -0.388 e. The van der Waals surface area contributed by atoms with Crippen LogP contribution < -0.4 is 22.5 Å². The van der Waals surface area contributed by atoms with Crippen molar-refractivity contribution >= 4 is 5.91 Å². The van der Waals surface area contributed by atoms with E-state index in [1.807, 2.05) is 0 Å². The standard InChI is InChI=1S/C14H26N4O8/c1-2-5(19)18-3-4-7(20)8(21)6(15)14(24-4)25-11-9(22)10(23)12(16)26-13(11)17/h2,4,6-14,20-23H,1,3,15-17H2,(H,18,19)/t4?,6?,7-,8-,9-,10?,11+,12-,13?,14-/m1/s1. The molecule has 2 fully saturated rings. The molecule has 2 rings (SSSR count). The predicted molar refractivity (Wildman–Crippen MR) is 85.8 cm³/mol. The molecule has 2 heterocycles. The van der Waals surface area contributed by atoms with Gasteiger partial charge in [0.2, 0.25) is 5.91 Å². The minimum absolute atomic E-state index is 0.154. The summed E-state index contributed by atoms with van der Waals surface area (Å²) in [5.41, 5.74) is 17.0. The number of amides is 1. The summed E-state index contributed by atoms with van der Waals surface area (Å²) in [6, 6.07) is -1.19. The summed E-state index contributed by atoms with van der Waals surface area (Å²) in [6.07, 6.45) is -10.8. The molecule has 12 nitrogen and oxygen atoms in total. The maximum atomic E-state index is 11.3. The Hall–Kier alpha value is -1.19. The molecule has 2 aliphatic heterocycles. The van der Waals surface area contributed by atoms with Gasteiger partial charge in [0.05, 0.1) is 6.04 Å². The predicted octanol–water partition coefficient (Wildman–Crippen LogP) is -5.23. The topological polar surface area (TPSA) is 216 Å². The first kappa shape index (κ1) is 21.1. The zero-order valence-electron chi connectivity index (χ0n) is 13.9. The number of carbonyl (C=O) groups excluding carboxylic acids is 1. The van der Waals surface area contributed by atoms with Gasteiger partial charge in [0.25, 0.3) is 0 Å². The zero-order valence-corrected chi connectivity index (χ0v) is 13.9. The lowest BCUT2D eigenvalue weighted by Crippen LogP contribution is -2.68. The smallest absolute Gasteiger partial charge is 0.243 e. The molecule has 11 N–H and O–H groups in total. The molecule has 1 amide bonds. The number of aliphatic hydroxyl groups is 4. The van der Waals surface area contributed by atoms with Gasteiger partial charge < -0.3 is 57.2 Å². The fraction of sp³-hybridized carbons (Fsp3) is 0.786. The van der Waals surface area contributed by atoms with Crippen LogP contribution in [-0.2, 0) is 19.0 Å². The summed E-state index contributed by atoms with van der Waals surface area (Å²) >= 11 is 0. The fourth-order valence-corrected chi connectivity index (χ4v) is 2.75. The second-order valence-electron chi connectivity index (χ2n) is 6.20. The second kappa shape index (κ2) is 8.67. The van der Waals surface area contributed by atoms with Crippen molar-refractivity contribution in [1.82, 2.24) is 5.32 Å². The molecule has 0 spiro atoms. The van der Waals surface area contributed by atoms with Crippen molar-refractivity contribution in [3.8, 4) is 0 Å². The lowest BCUT2D eigenvalue weighted by atomic mass is 9.96. The van der Waals surface area contributed by atoms with Crippen LogP contribution in [0.1, 0.15) is 0 Å². The number of nitrogens with two attached hydrogens (primary N) is 3. The molecular formula is C14H26N4O8. The van der Waals surface area contributed by atoms with Crippen molar-refractivity contribution in [2.24, 2.45) is 17.2 Å². The first-order valence-corrected chi connectivity index (χ1v) is 8.03. The normalized spacial score (nSPS) is 46.6. The van der Waals surface area contributed by atoms with Crippen LogP contribution in [-0.4, -0.2) is 94.3 Å². The Morgan fingerprint density at radius 1 is 1.04 bits per heavy atom. The summed E-state index contributed by atoms with van der Waals surface area (Å²) in [7, 11) is 0. The van der Waals surface area contributed by atoms with Crippen LogP contribution in [0, 0.1) is 0 Å². The maximum absolute atomic E-state index is 11.3. The number of ether oxygens (including phenoxy) is 3. The molecule has 150 valence electrons. The van der Waals surface area contributed by atoms with Crippen molar-refractivity contribution in [2.75, 3.05) is 6.54 Å². The Labute approximate surface area is 149 Å². The van der Waals surface area contributed by atoms with Crippen molar-refractivity contribution < 1.29 is 39.4 Å². The number of carbonyl (C=O) groups is 1. The lowest BCUT2D eigenvalue weighted by molar-refractivity contribution is -0.313. The molecule has 2 saturated heterocycles. The molecule has 12 heteroatoms. The third kappa shape index (κ3) is 4.37. The highest BCUT2D eigenvalue weighted by Gasteiger charge is 2.48. The van der Waals surface area contributed by atoms with Crippen molar-refractivity contribution in [3.05, 3.63) is 12.7 Å². The Morgan fingerprint density at radius 3 is 2.31 bits per heavy atom. The van der Waals surface area contributed by atoms with Gasteiger partial charge in [-0.25, -0.2) is 0 Å². The Balaban J connectivity index is 2.06. The maximum Gasteiger partial charge on any atom is 0.243 e. The van der Waals surface area contributed by atoms with E-state index in [9.17, 15) is 25.2 Å². The molecule has 0 aromatic rings. The molecule has 0 aromatic carbocycles. The van der Waals surface area contributed by atoms with E-state index < -0.39 is 67.3 Å². The van der Waals surface area contributed by atoms with E-state index in [0.717, 1.165) is 6.08 Å². The third-order valence-corrected chi connectivity index (χ3v) is 4.36. The minimum atomic E-state index is -1.49. The highest BCUT2D eigenvalue weighted by atomic mass is 16.7. The third-order valence-electron chi connectivity index (χ3n) is 4.36. The van der Waals surface area contributed by atoms with Gasteiger partial charge in [0.15, 0.2) is 6.29 Å². The number of nitrogens with one attached hydrogen (secondary N) is 1. The van der Waals surface area contributed by atoms with Crippen LogP contribution >= 0.6 is 0 Å². The van der Waals surface area contributed by atoms with Crippen molar-refractivity contribution in [3.63, 3.8) is 0 Å². The van der Waals surface area contributed by atoms with Crippen molar-refractivity contribution in [1.29, 1.82) is 0 Å². The highest BCUT2D eigenvalue weighted by Crippen LogP contribution is 2.26. The van der Waals surface area contributed by atoms with Crippen LogP contribution in [0.15, 0.2) is 12.7 Å². The molecule has 0 aromatic heterocycles. The molecule has 0 aliphatic carbocycles. The summed E-state index contributed by atoms with van der Waals surface area (Å²) in [5, 5.41) is 42.5. The molecule has 4 unspecified atom stereocenters. The van der Waals surface area contributed by atoms with E-state index in [4.69, 9.17) is 31.4 Å². The Morgan fingerprint density at radius 2 is 1.69 bits per heavy atom. The van der Waals surface area contributed by atoms with E-state index >= 15 is 0 Å². The Bertz CT molecular complexity index is 511. The van der Waals surface area contributed by atoms with Crippen LogP contribution in [0.4, 0.5) is 0 Å². The lowest BCUT2D eigenvalue weighted by Gasteiger charge is -2.45. The average Bonchev–Trinajstić information content (AvgIpc) is 2.61. The summed E-state index contributed by atoms with van der Waals surface area (Å²) in [6.45, 7) is 3.14. The molecular weight excluding hydrogens is 352 g/mol. The fourth-order valence-electron chi connectivity index (χ4n) is 2.75. The van der Waals surface area contributed by atoms with Gasteiger partial charge in [-0.2, -0.15) is 0 Å². The van der Waals surface area contributed by atoms with Gasteiger partial charge in [-0.05, 0) is 6.08 Å². The Kier molecular flexibility index (Phi) is 7.04. The van der Waals surface area contributed by atoms with Gasteiger partial charge >= 0.3 is 0 Å². The van der Waals surface area contributed by atoms with Crippen LogP contribution in [0.5, 0.6) is 0 Å². The van der Waals surface area contributed by atoms with E-state index in [-0.39, 0.29) is 6.54 Å². The van der Waals surface area contributed by atoms with E-state index in [2.05, 4.69) is 11.9 Å². The van der Waals surface area contributed by atoms with Crippen LogP contribution in [0.25, 0.3) is 0 Å². The van der Waals surface area contributed by atoms with Gasteiger partial charge in [0, 0.05) is 6.54 Å². The van der Waals surface area contributed by atoms with Gasteiger partial charge in [0.1, 0.15) is 49.1 Å². The van der Waals surface area contributed by atoms with Crippen LogP contribution in [0.2, 0.25) is 0 Å². The van der Waals surface area contributed by atoms with Gasteiger partial charge in [-0.15, -0.1) is 0 Å². The molecule has 26 heavy (non-hydrogen) atoms. The number of hydrogen-bond acceptors (Lipinski definition) is 11. The van der Waals surface area contributed by atoms with E-state index in [0.29, 0.717) is 0 Å².